The van der Waals surface area contributed by atoms with Gasteiger partial charge < -0.3 is 15.5 Å². The number of carbonyl (C=O) groups is 3. The minimum Gasteiger partial charge on any atom is -0.322 e. The lowest BCUT2D eigenvalue weighted by molar-refractivity contribution is -0.136. The Labute approximate surface area is 175 Å². The molecule has 30 heavy (non-hydrogen) atoms. The first-order valence-corrected chi connectivity index (χ1v) is 10.3. The number of rotatable bonds is 7. The Balaban J connectivity index is 1.40. The molecule has 4 rings (SSSR count). The number of fused-ring (bicyclic) bond motifs is 1. The van der Waals surface area contributed by atoms with Gasteiger partial charge in [0, 0.05) is 38.2 Å². The van der Waals surface area contributed by atoms with Crippen LogP contribution >= 0.6 is 0 Å². The number of nitrogens with one attached hydrogen (secondary N) is 3. The number of amides is 3. The first-order chi connectivity index (χ1) is 14.6. The molecule has 1 fully saturated rings. The zero-order valence-corrected chi connectivity index (χ0v) is 17.0. The Morgan fingerprint density at radius 1 is 1.03 bits per heavy atom. The maximum absolute atomic E-state index is 12.9. The van der Waals surface area contributed by atoms with Crippen molar-refractivity contribution in [2.45, 2.75) is 45.1 Å². The van der Waals surface area contributed by atoms with E-state index in [-0.39, 0.29) is 24.1 Å². The summed E-state index contributed by atoms with van der Waals surface area (Å²) >= 11 is 0. The largest absolute Gasteiger partial charge is 0.322 e. The van der Waals surface area contributed by atoms with Crippen molar-refractivity contribution in [2.24, 2.45) is 0 Å². The smallest absolute Gasteiger partial charge is 0.255 e. The summed E-state index contributed by atoms with van der Waals surface area (Å²) in [6.07, 6.45) is 0.644. The van der Waals surface area contributed by atoms with Crippen molar-refractivity contribution in [1.29, 1.82) is 0 Å². The monoisotopic (exact) mass is 406 g/mol. The van der Waals surface area contributed by atoms with E-state index in [1.165, 1.54) is 11.1 Å². The van der Waals surface area contributed by atoms with Gasteiger partial charge in [-0.1, -0.05) is 36.4 Å². The predicted octanol–water partition coefficient (Wildman–Crippen LogP) is 1.46. The van der Waals surface area contributed by atoms with Gasteiger partial charge in [-0.15, -0.1) is 0 Å². The molecule has 7 heteroatoms. The molecule has 2 aromatic carbocycles. The topological polar surface area (TPSA) is 90.5 Å². The average molecular weight is 406 g/mol. The van der Waals surface area contributed by atoms with Crippen LogP contribution in [0.3, 0.4) is 0 Å². The first-order valence-electron chi connectivity index (χ1n) is 10.3. The summed E-state index contributed by atoms with van der Waals surface area (Å²) in [5.74, 6) is -0.791. The molecule has 3 N–H and O–H groups in total. The quantitative estimate of drug-likeness (QED) is 0.606. The second kappa shape index (κ2) is 8.77. The fourth-order valence-corrected chi connectivity index (χ4v) is 4.15. The van der Waals surface area contributed by atoms with Crippen LogP contribution in [0, 0.1) is 0 Å². The summed E-state index contributed by atoms with van der Waals surface area (Å²) in [4.78, 5) is 38.1. The molecule has 7 nitrogen and oxygen atoms in total. The van der Waals surface area contributed by atoms with E-state index in [1.54, 1.807) is 4.90 Å². The number of benzene rings is 2. The number of hydrogen-bond acceptors (Lipinski definition) is 5. The maximum atomic E-state index is 12.9. The molecular formula is C23H26N4O3. The van der Waals surface area contributed by atoms with Crippen LogP contribution < -0.4 is 16.0 Å². The minimum absolute atomic E-state index is 0.138. The van der Waals surface area contributed by atoms with Crippen molar-refractivity contribution in [3.8, 4) is 0 Å². The van der Waals surface area contributed by atoms with E-state index < -0.39 is 6.04 Å². The third kappa shape index (κ3) is 4.13. The highest BCUT2D eigenvalue weighted by molar-refractivity contribution is 6.05. The Hall–Kier alpha value is -3.03. The van der Waals surface area contributed by atoms with E-state index in [0.29, 0.717) is 25.1 Å². The minimum atomic E-state index is -0.576. The Morgan fingerprint density at radius 3 is 2.53 bits per heavy atom. The van der Waals surface area contributed by atoms with Crippen LogP contribution in [0.25, 0.3) is 0 Å². The highest BCUT2D eigenvalue weighted by atomic mass is 16.2. The van der Waals surface area contributed by atoms with Crippen LogP contribution in [0.5, 0.6) is 0 Å². The van der Waals surface area contributed by atoms with Crippen molar-refractivity contribution in [1.82, 2.24) is 20.9 Å². The molecule has 1 unspecified atom stereocenters. The van der Waals surface area contributed by atoms with Gasteiger partial charge in [0.1, 0.15) is 6.04 Å². The molecule has 0 aromatic heterocycles. The van der Waals surface area contributed by atoms with Crippen molar-refractivity contribution in [3.05, 3.63) is 70.3 Å². The van der Waals surface area contributed by atoms with Gasteiger partial charge in [-0.2, -0.15) is 0 Å². The van der Waals surface area contributed by atoms with Crippen molar-refractivity contribution in [2.75, 3.05) is 7.05 Å². The second-order valence-corrected chi connectivity index (χ2v) is 7.79. The van der Waals surface area contributed by atoms with Gasteiger partial charge in [0.2, 0.25) is 11.8 Å². The molecule has 2 heterocycles. The Kier molecular flexibility index (Phi) is 5.92. The normalized spacial score (nSPS) is 18.5. The third-order valence-electron chi connectivity index (χ3n) is 5.72. The summed E-state index contributed by atoms with van der Waals surface area (Å²) in [5.41, 5.74) is 5.10. The lowest BCUT2D eigenvalue weighted by Crippen LogP contribution is -2.52. The van der Waals surface area contributed by atoms with Crippen LogP contribution in [0.4, 0.5) is 0 Å². The van der Waals surface area contributed by atoms with E-state index >= 15 is 0 Å². The van der Waals surface area contributed by atoms with Gasteiger partial charge >= 0.3 is 0 Å². The molecule has 2 aliphatic heterocycles. The fraction of sp³-hybridized carbons (Fsp3) is 0.348. The standard InChI is InChI=1S/C23H26N4O3/c1-24-12-16-4-2-3-5-17(16)13-25-11-15-6-7-18-14-27(23(30)19(18)10-15)20-8-9-21(28)26-22(20)29/h2-7,10,20,24-25H,8-9,11-14H2,1H3,(H,26,28,29). The molecule has 2 aliphatic rings. The summed E-state index contributed by atoms with van der Waals surface area (Å²) in [7, 11) is 1.93. The van der Waals surface area contributed by atoms with Gasteiger partial charge in [0.05, 0.1) is 0 Å². The molecule has 0 saturated carbocycles. The maximum Gasteiger partial charge on any atom is 0.255 e. The van der Waals surface area contributed by atoms with Crippen LogP contribution in [0.1, 0.15) is 45.5 Å². The van der Waals surface area contributed by atoms with Gasteiger partial charge in [-0.05, 0) is 41.8 Å². The molecular weight excluding hydrogens is 380 g/mol. The number of piperidine rings is 1. The molecule has 0 spiro atoms. The second-order valence-electron chi connectivity index (χ2n) is 7.79. The summed E-state index contributed by atoms with van der Waals surface area (Å²) in [6, 6.07) is 13.6. The van der Waals surface area contributed by atoms with E-state index in [1.807, 2.05) is 37.4 Å². The number of hydrogen-bond donors (Lipinski definition) is 3. The number of nitrogens with zero attached hydrogens (tertiary/aromatic N) is 1. The SMILES string of the molecule is CNCc1ccccc1CNCc1ccc2c(c1)C(=O)N(C1CCC(=O)NC1=O)C2. The average Bonchev–Trinajstić information content (AvgIpc) is 3.05. The zero-order chi connectivity index (χ0) is 21.1. The Bertz CT molecular complexity index is 988. The highest BCUT2D eigenvalue weighted by Gasteiger charge is 2.39. The van der Waals surface area contributed by atoms with E-state index in [0.717, 1.165) is 24.2 Å². The summed E-state index contributed by atoms with van der Waals surface area (Å²) in [5, 5.41) is 8.98. The highest BCUT2D eigenvalue weighted by Crippen LogP contribution is 2.28. The third-order valence-corrected chi connectivity index (χ3v) is 5.72. The van der Waals surface area contributed by atoms with Crippen LogP contribution in [-0.4, -0.2) is 35.7 Å². The van der Waals surface area contributed by atoms with E-state index in [9.17, 15) is 14.4 Å². The lowest BCUT2D eigenvalue weighted by Gasteiger charge is -2.29. The molecule has 0 radical (unpaired) electrons. The molecule has 1 saturated heterocycles. The first kappa shape index (κ1) is 20.3. The van der Waals surface area contributed by atoms with Gasteiger partial charge in [0.25, 0.3) is 5.91 Å². The molecule has 3 amide bonds. The molecule has 156 valence electrons. The molecule has 0 aliphatic carbocycles. The van der Waals surface area contributed by atoms with Gasteiger partial charge in [-0.25, -0.2) is 0 Å². The van der Waals surface area contributed by atoms with Crippen molar-refractivity contribution < 1.29 is 14.4 Å². The van der Waals surface area contributed by atoms with E-state index in [2.05, 4.69) is 28.1 Å². The van der Waals surface area contributed by atoms with Crippen LogP contribution in [0.15, 0.2) is 42.5 Å². The summed E-state index contributed by atoms with van der Waals surface area (Å²) in [6.45, 7) is 2.62. The van der Waals surface area contributed by atoms with Crippen LogP contribution in [-0.2, 0) is 35.8 Å². The van der Waals surface area contributed by atoms with E-state index in [4.69, 9.17) is 0 Å². The fourth-order valence-electron chi connectivity index (χ4n) is 4.15. The Morgan fingerprint density at radius 2 is 1.80 bits per heavy atom. The number of imide groups is 1. The van der Waals surface area contributed by atoms with Gasteiger partial charge in [0.15, 0.2) is 0 Å². The molecule has 0 bridgehead atoms. The summed E-state index contributed by atoms with van der Waals surface area (Å²) < 4.78 is 0. The predicted molar refractivity (Wildman–Crippen MR) is 112 cm³/mol. The lowest BCUT2D eigenvalue weighted by atomic mass is 10.0. The van der Waals surface area contributed by atoms with Gasteiger partial charge in [-0.3, -0.25) is 19.7 Å². The van der Waals surface area contributed by atoms with Crippen LogP contribution in [0.2, 0.25) is 0 Å². The van der Waals surface area contributed by atoms with Crippen molar-refractivity contribution in [3.63, 3.8) is 0 Å². The number of carbonyl (C=O) groups excluding carboxylic acids is 3. The molecule has 2 aromatic rings. The van der Waals surface area contributed by atoms with Crippen molar-refractivity contribution >= 4 is 17.7 Å². The zero-order valence-electron chi connectivity index (χ0n) is 17.0. The molecule has 1 atom stereocenters.